The average Bonchev–Trinajstić information content (AvgIpc) is 2.68. The standard InChI is InChI=1S/C24H21F2N/c1-2-3-4-5-17-6-10-19(11-7-17)22-14-21(25)15-23(26)24(22)20-12-8-18(16-27)9-13-20/h6-15H,2-5H2,1H3. The lowest BCUT2D eigenvalue weighted by atomic mass is 9.92. The Morgan fingerprint density at radius 3 is 2.15 bits per heavy atom. The van der Waals surface area contributed by atoms with Crippen LogP contribution in [0.5, 0.6) is 0 Å². The lowest BCUT2D eigenvalue weighted by molar-refractivity contribution is 0.586. The highest BCUT2D eigenvalue weighted by atomic mass is 19.1. The van der Waals surface area contributed by atoms with Gasteiger partial charge < -0.3 is 0 Å². The van der Waals surface area contributed by atoms with Gasteiger partial charge in [-0.1, -0.05) is 56.2 Å². The van der Waals surface area contributed by atoms with Crippen molar-refractivity contribution in [1.82, 2.24) is 0 Å². The molecule has 0 unspecified atom stereocenters. The van der Waals surface area contributed by atoms with Crippen LogP contribution in [0.3, 0.4) is 0 Å². The van der Waals surface area contributed by atoms with Gasteiger partial charge in [0.25, 0.3) is 0 Å². The van der Waals surface area contributed by atoms with Crippen LogP contribution in [0.4, 0.5) is 8.78 Å². The molecule has 0 saturated heterocycles. The minimum Gasteiger partial charge on any atom is -0.207 e. The third-order valence-corrected chi connectivity index (χ3v) is 4.69. The first-order valence-corrected chi connectivity index (χ1v) is 9.21. The van der Waals surface area contributed by atoms with E-state index in [2.05, 4.69) is 6.92 Å². The van der Waals surface area contributed by atoms with Crippen LogP contribution < -0.4 is 0 Å². The maximum atomic E-state index is 14.6. The third kappa shape index (κ3) is 4.41. The SMILES string of the molecule is CCCCCc1ccc(-c2cc(F)cc(F)c2-c2ccc(C#N)cc2)cc1. The fourth-order valence-corrected chi connectivity index (χ4v) is 3.24. The van der Waals surface area contributed by atoms with Crippen LogP contribution in [0.25, 0.3) is 22.3 Å². The van der Waals surface area contributed by atoms with Gasteiger partial charge in [-0.2, -0.15) is 5.26 Å². The molecular weight excluding hydrogens is 340 g/mol. The summed E-state index contributed by atoms with van der Waals surface area (Å²) in [5.74, 6) is -1.21. The summed E-state index contributed by atoms with van der Waals surface area (Å²) in [6.07, 6.45) is 4.52. The monoisotopic (exact) mass is 361 g/mol. The molecule has 27 heavy (non-hydrogen) atoms. The first kappa shape index (κ1) is 18.8. The summed E-state index contributed by atoms with van der Waals surface area (Å²) in [5.41, 5.74) is 3.97. The number of nitrogens with zero attached hydrogens (tertiary/aromatic N) is 1. The Morgan fingerprint density at radius 1 is 0.852 bits per heavy atom. The molecule has 0 N–H and O–H groups in total. The van der Waals surface area contributed by atoms with Crippen molar-refractivity contribution < 1.29 is 8.78 Å². The summed E-state index contributed by atoms with van der Waals surface area (Å²) in [6, 6.07) is 18.9. The fourth-order valence-electron chi connectivity index (χ4n) is 3.24. The quantitative estimate of drug-likeness (QED) is 0.438. The predicted octanol–water partition coefficient (Wildman–Crippen LogP) is 6.90. The smallest absolute Gasteiger partial charge is 0.134 e. The highest BCUT2D eigenvalue weighted by Gasteiger charge is 2.15. The summed E-state index contributed by atoms with van der Waals surface area (Å²) in [6.45, 7) is 2.17. The third-order valence-electron chi connectivity index (χ3n) is 4.69. The lowest BCUT2D eigenvalue weighted by Gasteiger charge is -2.13. The molecular formula is C24H21F2N. The summed E-state index contributed by atoms with van der Waals surface area (Å²) < 4.78 is 28.6. The molecule has 3 aromatic rings. The number of halogens is 2. The molecule has 0 fully saturated rings. The minimum atomic E-state index is -0.610. The molecule has 0 aliphatic carbocycles. The average molecular weight is 361 g/mol. The van der Waals surface area contributed by atoms with Crippen LogP contribution >= 0.6 is 0 Å². The molecule has 0 saturated carbocycles. The lowest BCUT2D eigenvalue weighted by Crippen LogP contribution is -1.93. The number of hydrogen-bond acceptors (Lipinski definition) is 1. The first-order valence-electron chi connectivity index (χ1n) is 9.21. The fraction of sp³-hybridized carbons (Fsp3) is 0.208. The molecule has 1 nitrogen and oxygen atoms in total. The summed E-state index contributed by atoms with van der Waals surface area (Å²) in [5, 5.41) is 8.95. The van der Waals surface area contributed by atoms with Crippen molar-refractivity contribution in [3.63, 3.8) is 0 Å². The number of nitriles is 1. The van der Waals surface area contributed by atoms with Gasteiger partial charge in [0.15, 0.2) is 0 Å². The van der Waals surface area contributed by atoms with Crippen molar-refractivity contribution in [3.05, 3.63) is 83.4 Å². The van der Waals surface area contributed by atoms with E-state index in [1.807, 2.05) is 30.3 Å². The van der Waals surface area contributed by atoms with E-state index < -0.39 is 11.6 Å². The van der Waals surface area contributed by atoms with Gasteiger partial charge >= 0.3 is 0 Å². The van der Waals surface area contributed by atoms with E-state index in [9.17, 15) is 8.78 Å². The van der Waals surface area contributed by atoms with Gasteiger partial charge in [0.1, 0.15) is 11.6 Å². The Kier molecular flexibility index (Phi) is 5.98. The summed E-state index contributed by atoms with van der Waals surface area (Å²) in [4.78, 5) is 0. The second-order valence-corrected chi connectivity index (χ2v) is 6.65. The van der Waals surface area contributed by atoms with Crippen molar-refractivity contribution in [2.75, 3.05) is 0 Å². The summed E-state index contributed by atoms with van der Waals surface area (Å²) >= 11 is 0. The van der Waals surface area contributed by atoms with Crippen LogP contribution in [0.1, 0.15) is 37.3 Å². The number of rotatable bonds is 6. The van der Waals surface area contributed by atoms with Crippen LogP contribution in [0, 0.1) is 23.0 Å². The Balaban J connectivity index is 2.00. The molecule has 0 atom stereocenters. The first-order chi connectivity index (χ1) is 13.1. The molecule has 3 heteroatoms. The largest absolute Gasteiger partial charge is 0.207 e. The van der Waals surface area contributed by atoms with Crippen molar-refractivity contribution in [2.45, 2.75) is 32.6 Å². The molecule has 0 aliphatic heterocycles. The zero-order valence-corrected chi connectivity index (χ0v) is 15.3. The van der Waals surface area contributed by atoms with Crippen molar-refractivity contribution in [2.24, 2.45) is 0 Å². The van der Waals surface area contributed by atoms with Crippen LogP contribution in [-0.2, 0) is 6.42 Å². The van der Waals surface area contributed by atoms with E-state index in [1.54, 1.807) is 24.3 Å². The minimum absolute atomic E-state index is 0.347. The van der Waals surface area contributed by atoms with Crippen molar-refractivity contribution in [1.29, 1.82) is 5.26 Å². The van der Waals surface area contributed by atoms with E-state index in [0.717, 1.165) is 24.5 Å². The van der Waals surface area contributed by atoms with Gasteiger partial charge in [0.2, 0.25) is 0 Å². The Bertz CT molecular complexity index is 951. The van der Waals surface area contributed by atoms with Gasteiger partial charge in [-0.15, -0.1) is 0 Å². The molecule has 0 spiro atoms. The zero-order chi connectivity index (χ0) is 19.2. The molecule has 0 heterocycles. The molecule has 0 radical (unpaired) electrons. The maximum absolute atomic E-state index is 14.6. The number of aryl methyl sites for hydroxylation is 1. The van der Waals surface area contributed by atoms with Crippen molar-refractivity contribution in [3.8, 4) is 28.3 Å². The molecule has 0 aliphatic rings. The van der Waals surface area contributed by atoms with E-state index in [-0.39, 0.29) is 0 Å². The number of hydrogen-bond donors (Lipinski definition) is 0. The van der Waals surface area contributed by atoms with E-state index in [1.165, 1.54) is 24.5 Å². The van der Waals surface area contributed by atoms with Crippen LogP contribution in [0.15, 0.2) is 60.7 Å². The number of unbranched alkanes of at least 4 members (excludes halogenated alkanes) is 2. The van der Waals surface area contributed by atoms with Gasteiger partial charge in [-0.05, 0) is 53.3 Å². The highest BCUT2D eigenvalue weighted by molar-refractivity contribution is 5.84. The molecule has 0 aromatic heterocycles. The second-order valence-electron chi connectivity index (χ2n) is 6.65. The molecule has 3 aromatic carbocycles. The Labute approximate surface area is 158 Å². The summed E-state index contributed by atoms with van der Waals surface area (Å²) in [7, 11) is 0. The molecule has 0 amide bonds. The normalized spacial score (nSPS) is 10.6. The van der Waals surface area contributed by atoms with E-state index in [4.69, 9.17) is 5.26 Å². The number of benzene rings is 3. The van der Waals surface area contributed by atoms with Crippen LogP contribution in [0.2, 0.25) is 0 Å². The van der Waals surface area contributed by atoms with E-state index in [0.29, 0.717) is 22.3 Å². The Morgan fingerprint density at radius 2 is 1.52 bits per heavy atom. The second kappa shape index (κ2) is 8.60. The van der Waals surface area contributed by atoms with Gasteiger partial charge in [-0.25, -0.2) is 8.78 Å². The molecule has 136 valence electrons. The maximum Gasteiger partial charge on any atom is 0.134 e. The highest BCUT2D eigenvalue weighted by Crippen LogP contribution is 2.35. The van der Waals surface area contributed by atoms with Gasteiger partial charge in [-0.3, -0.25) is 0 Å². The van der Waals surface area contributed by atoms with Crippen LogP contribution in [-0.4, -0.2) is 0 Å². The Hall–Kier alpha value is -2.99. The van der Waals surface area contributed by atoms with Gasteiger partial charge in [0.05, 0.1) is 11.6 Å². The zero-order valence-electron chi connectivity index (χ0n) is 15.3. The van der Waals surface area contributed by atoms with E-state index >= 15 is 0 Å². The van der Waals surface area contributed by atoms with Crippen molar-refractivity contribution >= 4 is 0 Å². The predicted molar refractivity (Wildman–Crippen MR) is 105 cm³/mol. The topological polar surface area (TPSA) is 23.8 Å². The molecule has 0 bridgehead atoms. The van der Waals surface area contributed by atoms with Gasteiger partial charge in [0, 0.05) is 11.6 Å². The molecule has 3 rings (SSSR count).